The van der Waals surface area contributed by atoms with Crippen molar-refractivity contribution in [2.24, 2.45) is 5.73 Å². The summed E-state index contributed by atoms with van der Waals surface area (Å²) in [5.74, 6) is -1.24. The number of carbonyl (C=O) groups excluding carboxylic acids is 1. The number of halogens is 3. The molecule has 0 bridgehead atoms. The zero-order valence-corrected chi connectivity index (χ0v) is 4.98. The molecule has 5 heteroatoms. The summed E-state index contributed by atoms with van der Waals surface area (Å²) in [5.41, 5.74) is 3.57. The predicted octanol–water partition coefficient (Wildman–Crippen LogP) is 0.631. The maximum atomic E-state index is 12.0. The molecular formula is C5H6F3NO. The van der Waals surface area contributed by atoms with Crippen LogP contribution in [0.2, 0.25) is 0 Å². The van der Waals surface area contributed by atoms with Gasteiger partial charge in [-0.25, -0.2) is 13.2 Å². The van der Waals surface area contributed by atoms with Crippen LogP contribution in [-0.2, 0) is 4.79 Å². The molecule has 2 N–H and O–H groups in total. The monoisotopic (exact) mass is 153 g/mol. The lowest BCUT2D eigenvalue weighted by atomic mass is 10.2. The van der Waals surface area contributed by atoms with Crippen LogP contribution in [0.4, 0.5) is 13.2 Å². The second-order valence-electron chi connectivity index (χ2n) is 1.63. The lowest BCUT2D eigenvalue weighted by Gasteiger charge is -2.05. The van der Waals surface area contributed by atoms with Crippen LogP contribution >= 0.6 is 0 Å². The Kier molecular flexibility index (Phi) is 2.92. The minimum atomic E-state index is -3.24. The Hall–Kier alpha value is -1.00. The van der Waals surface area contributed by atoms with Gasteiger partial charge in [-0.15, -0.1) is 0 Å². The SMILES string of the molecule is C=C(C(N)=O)C(F)C(F)F. The molecule has 0 fully saturated rings. The van der Waals surface area contributed by atoms with E-state index in [1.165, 1.54) is 0 Å². The minimum Gasteiger partial charge on any atom is -0.366 e. The minimum absolute atomic E-state index is 0.894. The van der Waals surface area contributed by atoms with Crippen molar-refractivity contribution in [2.45, 2.75) is 12.6 Å². The molecule has 10 heavy (non-hydrogen) atoms. The molecule has 0 saturated heterocycles. The number of rotatable bonds is 3. The van der Waals surface area contributed by atoms with Crippen molar-refractivity contribution >= 4 is 5.91 Å². The fourth-order valence-corrected chi connectivity index (χ4v) is 0.288. The van der Waals surface area contributed by atoms with Crippen LogP contribution in [0.25, 0.3) is 0 Å². The fraction of sp³-hybridized carbons (Fsp3) is 0.400. The zero-order valence-electron chi connectivity index (χ0n) is 4.98. The number of amides is 1. The van der Waals surface area contributed by atoms with Gasteiger partial charge in [0.25, 0.3) is 6.43 Å². The lowest BCUT2D eigenvalue weighted by Crippen LogP contribution is -2.25. The summed E-state index contributed by atoms with van der Waals surface area (Å²) in [6, 6.07) is 0. The van der Waals surface area contributed by atoms with E-state index in [9.17, 15) is 18.0 Å². The van der Waals surface area contributed by atoms with E-state index >= 15 is 0 Å². The van der Waals surface area contributed by atoms with Gasteiger partial charge in [-0.05, 0) is 0 Å². The molecule has 1 amide bonds. The molecule has 0 saturated carbocycles. The first kappa shape index (κ1) is 9.00. The molecule has 0 aromatic rings. The Bertz CT molecular complexity index is 157. The van der Waals surface area contributed by atoms with E-state index in [1.807, 2.05) is 0 Å². The van der Waals surface area contributed by atoms with Crippen molar-refractivity contribution in [2.75, 3.05) is 0 Å². The molecule has 1 unspecified atom stereocenters. The van der Waals surface area contributed by atoms with Gasteiger partial charge in [-0.3, -0.25) is 4.79 Å². The summed E-state index contributed by atoms with van der Waals surface area (Å²) in [4.78, 5) is 9.99. The normalized spacial score (nSPS) is 13.2. The first-order chi connectivity index (χ1) is 4.46. The number of hydrogen-bond donors (Lipinski definition) is 1. The topological polar surface area (TPSA) is 43.1 Å². The largest absolute Gasteiger partial charge is 0.366 e. The number of hydrogen-bond acceptors (Lipinski definition) is 1. The smallest absolute Gasteiger partial charge is 0.273 e. The third kappa shape index (κ3) is 2.08. The number of primary amides is 1. The van der Waals surface area contributed by atoms with Crippen molar-refractivity contribution < 1.29 is 18.0 Å². The highest BCUT2D eigenvalue weighted by Gasteiger charge is 2.25. The Morgan fingerprint density at radius 3 is 1.90 bits per heavy atom. The highest BCUT2D eigenvalue weighted by molar-refractivity contribution is 5.92. The fourth-order valence-electron chi connectivity index (χ4n) is 0.288. The molecule has 0 spiro atoms. The molecular weight excluding hydrogens is 147 g/mol. The average molecular weight is 153 g/mol. The van der Waals surface area contributed by atoms with Crippen LogP contribution in [0.15, 0.2) is 12.2 Å². The standard InChI is InChI=1S/C5H6F3NO/c1-2(5(9)10)3(6)4(7)8/h3-4H,1H2,(H2,9,10). The first-order valence-electron chi connectivity index (χ1n) is 2.37. The van der Waals surface area contributed by atoms with E-state index in [4.69, 9.17) is 0 Å². The van der Waals surface area contributed by atoms with Gasteiger partial charge in [-0.1, -0.05) is 6.58 Å². The zero-order chi connectivity index (χ0) is 8.31. The predicted molar refractivity (Wildman–Crippen MR) is 29.2 cm³/mol. The third-order valence-electron chi connectivity index (χ3n) is 0.871. The Morgan fingerprint density at radius 2 is 1.80 bits per heavy atom. The maximum Gasteiger partial charge on any atom is 0.273 e. The van der Waals surface area contributed by atoms with Crippen molar-refractivity contribution in [3.8, 4) is 0 Å². The van der Waals surface area contributed by atoms with Crippen LogP contribution in [0, 0.1) is 0 Å². The maximum absolute atomic E-state index is 12.0. The van der Waals surface area contributed by atoms with Gasteiger partial charge in [0.2, 0.25) is 5.91 Å². The van der Waals surface area contributed by atoms with E-state index in [-0.39, 0.29) is 0 Å². The van der Waals surface area contributed by atoms with Crippen molar-refractivity contribution in [1.82, 2.24) is 0 Å². The summed E-state index contributed by atoms with van der Waals surface area (Å²) in [6.07, 6.45) is -5.88. The molecule has 58 valence electrons. The number of nitrogens with two attached hydrogens (primary N) is 1. The average Bonchev–Trinajstić information content (AvgIpc) is 1.84. The molecule has 0 aromatic carbocycles. The van der Waals surface area contributed by atoms with Gasteiger partial charge >= 0.3 is 0 Å². The van der Waals surface area contributed by atoms with Gasteiger partial charge in [0.05, 0.1) is 0 Å². The summed E-state index contributed by atoms with van der Waals surface area (Å²) in [5, 5.41) is 0. The van der Waals surface area contributed by atoms with Crippen LogP contribution in [0.1, 0.15) is 0 Å². The molecule has 0 heterocycles. The molecule has 0 aromatic heterocycles. The van der Waals surface area contributed by atoms with Crippen LogP contribution in [0.3, 0.4) is 0 Å². The van der Waals surface area contributed by atoms with Gasteiger partial charge < -0.3 is 5.73 Å². The van der Waals surface area contributed by atoms with Crippen molar-refractivity contribution in [3.05, 3.63) is 12.2 Å². The van der Waals surface area contributed by atoms with E-state index in [2.05, 4.69) is 12.3 Å². The molecule has 0 aliphatic rings. The van der Waals surface area contributed by atoms with Crippen LogP contribution in [0.5, 0.6) is 0 Å². The van der Waals surface area contributed by atoms with E-state index in [0.29, 0.717) is 0 Å². The first-order valence-corrected chi connectivity index (χ1v) is 2.37. The molecule has 0 aliphatic heterocycles. The molecule has 1 atom stereocenters. The Labute approximate surface area is 55.5 Å². The summed E-state index contributed by atoms with van der Waals surface area (Å²) < 4.78 is 34.8. The highest BCUT2D eigenvalue weighted by Crippen LogP contribution is 2.12. The van der Waals surface area contributed by atoms with Gasteiger partial charge in [-0.2, -0.15) is 0 Å². The summed E-state index contributed by atoms with van der Waals surface area (Å²) >= 11 is 0. The summed E-state index contributed by atoms with van der Waals surface area (Å²) in [7, 11) is 0. The van der Waals surface area contributed by atoms with Crippen molar-refractivity contribution in [1.29, 1.82) is 0 Å². The second kappa shape index (κ2) is 3.24. The molecule has 0 radical (unpaired) electrons. The number of alkyl halides is 3. The van der Waals surface area contributed by atoms with Crippen LogP contribution < -0.4 is 5.73 Å². The van der Waals surface area contributed by atoms with Gasteiger partial charge in [0.1, 0.15) is 0 Å². The Balaban J connectivity index is 4.08. The lowest BCUT2D eigenvalue weighted by molar-refractivity contribution is -0.115. The molecule has 0 rings (SSSR count). The highest BCUT2D eigenvalue weighted by atomic mass is 19.3. The number of carbonyl (C=O) groups is 1. The van der Waals surface area contributed by atoms with Gasteiger partial charge in [0.15, 0.2) is 6.17 Å². The molecule has 0 aliphatic carbocycles. The van der Waals surface area contributed by atoms with Crippen molar-refractivity contribution in [3.63, 3.8) is 0 Å². The quantitative estimate of drug-likeness (QED) is 0.593. The van der Waals surface area contributed by atoms with E-state index < -0.39 is 24.1 Å². The van der Waals surface area contributed by atoms with Crippen LogP contribution in [-0.4, -0.2) is 18.5 Å². The van der Waals surface area contributed by atoms with Gasteiger partial charge in [0, 0.05) is 5.57 Å². The van der Waals surface area contributed by atoms with E-state index in [1.54, 1.807) is 0 Å². The molecule has 2 nitrogen and oxygen atoms in total. The third-order valence-corrected chi connectivity index (χ3v) is 0.871. The second-order valence-corrected chi connectivity index (χ2v) is 1.63. The Morgan fingerprint density at radius 1 is 1.40 bits per heavy atom. The van der Waals surface area contributed by atoms with E-state index in [0.717, 1.165) is 0 Å². The summed E-state index contributed by atoms with van der Waals surface area (Å²) in [6.45, 7) is 2.75.